The predicted molar refractivity (Wildman–Crippen MR) is 95.7 cm³/mol. The van der Waals surface area contributed by atoms with E-state index in [4.69, 9.17) is 4.42 Å². The van der Waals surface area contributed by atoms with E-state index >= 15 is 0 Å². The summed E-state index contributed by atoms with van der Waals surface area (Å²) in [5.74, 6) is 0.312. The highest BCUT2D eigenvalue weighted by Crippen LogP contribution is 2.32. The molecule has 24 heavy (non-hydrogen) atoms. The van der Waals surface area contributed by atoms with Gasteiger partial charge in [0.05, 0.1) is 18.2 Å². The Morgan fingerprint density at radius 3 is 2.79 bits per heavy atom. The first-order valence-corrected chi connectivity index (χ1v) is 9.17. The molecule has 0 bridgehead atoms. The summed E-state index contributed by atoms with van der Waals surface area (Å²) in [6, 6.07) is 4.12. The second-order valence-corrected chi connectivity index (χ2v) is 7.03. The first kappa shape index (κ1) is 17.0. The molecule has 4 heteroatoms. The van der Waals surface area contributed by atoms with Crippen molar-refractivity contribution in [3.05, 3.63) is 39.2 Å². The highest BCUT2D eigenvalue weighted by molar-refractivity contribution is 5.86. The molecule has 0 amide bonds. The van der Waals surface area contributed by atoms with Crippen molar-refractivity contribution in [2.24, 2.45) is 0 Å². The van der Waals surface area contributed by atoms with Crippen molar-refractivity contribution in [1.29, 1.82) is 0 Å². The van der Waals surface area contributed by atoms with Crippen molar-refractivity contribution in [1.82, 2.24) is 0 Å². The number of hydrogen-bond acceptors (Lipinski definition) is 3. The third-order valence-electron chi connectivity index (χ3n) is 5.54. The highest BCUT2D eigenvalue weighted by Gasteiger charge is 2.27. The third kappa shape index (κ3) is 3.07. The van der Waals surface area contributed by atoms with Crippen LogP contribution < -0.4 is 10.5 Å². The number of aromatic hydroxyl groups is 1. The van der Waals surface area contributed by atoms with Gasteiger partial charge in [-0.3, -0.25) is 0 Å². The van der Waals surface area contributed by atoms with E-state index in [0.717, 1.165) is 48.0 Å². The maximum absolute atomic E-state index is 11.9. The van der Waals surface area contributed by atoms with Crippen LogP contribution in [0.25, 0.3) is 11.0 Å². The molecule has 2 unspecified atom stereocenters. The Bertz CT molecular complexity index is 794. The van der Waals surface area contributed by atoms with Gasteiger partial charge < -0.3 is 14.4 Å². The molecule has 1 fully saturated rings. The van der Waals surface area contributed by atoms with Gasteiger partial charge in [0.15, 0.2) is 5.58 Å². The molecule has 1 saturated heterocycles. The number of benzene rings is 1. The Morgan fingerprint density at radius 1 is 1.29 bits per heavy atom. The summed E-state index contributed by atoms with van der Waals surface area (Å²) in [7, 11) is 0. The van der Waals surface area contributed by atoms with Crippen LogP contribution in [0.4, 0.5) is 0 Å². The minimum Gasteiger partial charge on any atom is -0.507 e. The molecule has 1 aliphatic rings. The van der Waals surface area contributed by atoms with E-state index in [9.17, 15) is 9.90 Å². The average Bonchev–Trinajstić information content (AvgIpc) is 2.57. The molecule has 2 N–H and O–H groups in total. The standard InChI is InChI=1S/C20H27NO3/c1-4-14-11-16-13(3)10-18(22)24-20(16)17(19(14)23)12-21-9-7-6-8-15(21)5-2/h10-11,15,23H,4-9,12H2,1-3H3/p+1. The molecule has 2 heterocycles. The van der Waals surface area contributed by atoms with Crippen molar-refractivity contribution in [2.75, 3.05) is 6.54 Å². The molecule has 0 spiro atoms. The summed E-state index contributed by atoms with van der Waals surface area (Å²) in [6.45, 7) is 8.05. The SMILES string of the molecule is CCc1cc2c(C)cc(=O)oc2c(C[NH+]2CCCCC2CC)c1O. The molecular weight excluding hydrogens is 302 g/mol. The maximum atomic E-state index is 11.9. The van der Waals surface area contributed by atoms with Crippen molar-refractivity contribution in [2.45, 2.75) is 65.5 Å². The van der Waals surface area contributed by atoms with Crippen molar-refractivity contribution in [3.8, 4) is 5.75 Å². The van der Waals surface area contributed by atoms with Gasteiger partial charge in [-0.1, -0.05) is 13.8 Å². The molecule has 0 saturated carbocycles. The fraction of sp³-hybridized carbons (Fsp3) is 0.550. The summed E-state index contributed by atoms with van der Waals surface area (Å²) in [4.78, 5) is 13.4. The topological polar surface area (TPSA) is 54.9 Å². The largest absolute Gasteiger partial charge is 0.507 e. The van der Waals surface area contributed by atoms with Crippen LogP contribution in [0.1, 0.15) is 56.2 Å². The number of nitrogens with one attached hydrogen (secondary N) is 1. The van der Waals surface area contributed by atoms with Gasteiger partial charge in [0.25, 0.3) is 0 Å². The van der Waals surface area contributed by atoms with Crippen LogP contribution in [0.15, 0.2) is 21.3 Å². The van der Waals surface area contributed by atoms with E-state index < -0.39 is 0 Å². The number of rotatable bonds is 4. The average molecular weight is 330 g/mol. The highest BCUT2D eigenvalue weighted by atomic mass is 16.4. The van der Waals surface area contributed by atoms with Crippen LogP contribution in [0, 0.1) is 6.92 Å². The lowest BCUT2D eigenvalue weighted by Crippen LogP contribution is -3.15. The van der Waals surface area contributed by atoms with Gasteiger partial charge in [0.2, 0.25) is 0 Å². The number of fused-ring (bicyclic) bond motifs is 1. The lowest BCUT2D eigenvalue weighted by atomic mass is 9.96. The molecule has 130 valence electrons. The molecule has 0 aliphatic carbocycles. The zero-order chi connectivity index (χ0) is 17.3. The van der Waals surface area contributed by atoms with Gasteiger partial charge in [-0.2, -0.15) is 0 Å². The van der Waals surface area contributed by atoms with Crippen LogP contribution in [0.2, 0.25) is 0 Å². The molecule has 2 aromatic rings. The number of phenols is 1. The summed E-state index contributed by atoms with van der Waals surface area (Å²) >= 11 is 0. The van der Waals surface area contributed by atoms with Crippen molar-refractivity contribution >= 4 is 11.0 Å². The van der Waals surface area contributed by atoms with Crippen LogP contribution in [0.3, 0.4) is 0 Å². The molecular formula is C20H28NO3+. The summed E-state index contributed by atoms with van der Waals surface area (Å²) in [6.07, 6.45) is 5.66. The number of likely N-dealkylation sites (tertiary alicyclic amines) is 1. The van der Waals surface area contributed by atoms with Crippen molar-refractivity contribution < 1.29 is 14.4 Å². The maximum Gasteiger partial charge on any atom is 0.336 e. The van der Waals surface area contributed by atoms with Crippen molar-refractivity contribution in [3.63, 3.8) is 0 Å². The molecule has 1 aliphatic heterocycles. The smallest absolute Gasteiger partial charge is 0.336 e. The third-order valence-corrected chi connectivity index (χ3v) is 5.54. The van der Waals surface area contributed by atoms with Gasteiger partial charge >= 0.3 is 5.63 Å². The Balaban J connectivity index is 2.14. The molecule has 1 aromatic heterocycles. The first-order chi connectivity index (χ1) is 11.5. The number of phenolic OH excluding ortho intramolecular Hbond substituents is 1. The van der Waals surface area contributed by atoms with Crippen LogP contribution in [0.5, 0.6) is 5.75 Å². The van der Waals surface area contributed by atoms with E-state index in [0.29, 0.717) is 17.4 Å². The Labute approximate surface area is 143 Å². The van der Waals surface area contributed by atoms with E-state index in [1.54, 1.807) is 0 Å². The number of aryl methyl sites for hydroxylation is 2. The van der Waals surface area contributed by atoms with E-state index in [1.165, 1.54) is 30.2 Å². The fourth-order valence-corrected chi connectivity index (χ4v) is 4.10. The lowest BCUT2D eigenvalue weighted by Gasteiger charge is -2.32. The van der Waals surface area contributed by atoms with E-state index in [1.807, 2.05) is 19.9 Å². The molecule has 1 aromatic carbocycles. The Kier molecular flexibility index (Phi) is 4.95. The van der Waals surface area contributed by atoms with E-state index in [2.05, 4.69) is 6.92 Å². The van der Waals surface area contributed by atoms with Crippen LogP contribution in [-0.2, 0) is 13.0 Å². The predicted octanol–water partition coefficient (Wildman–Crippen LogP) is 2.72. The van der Waals surface area contributed by atoms with Crippen LogP contribution >= 0.6 is 0 Å². The second kappa shape index (κ2) is 6.98. The van der Waals surface area contributed by atoms with Gasteiger partial charge in [0, 0.05) is 11.5 Å². The number of piperidine rings is 1. The van der Waals surface area contributed by atoms with Gasteiger partial charge in [0.1, 0.15) is 12.3 Å². The molecule has 2 atom stereocenters. The first-order valence-electron chi connectivity index (χ1n) is 9.17. The number of hydrogen-bond donors (Lipinski definition) is 2. The van der Waals surface area contributed by atoms with Gasteiger partial charge in [-0.15, -0.1) is 0 Å². The molecule has 0 radical (unpaired) electrons. The van der Waals surface area contributed by atoms with E-state index in [-0.39, 0.29) is 5.63 Å². The molecule has 3 rings (SSSR count). The summed E-state index contributed by atoms with van der Waals surface area (Å²) in [5.41, 5.74) is 2.88. The zero-order valence-corrected chi connectivity index (χ0v) is 14.9. The normalized spacial score (nSPS) is 21.3. The molecule has 4 nitrogen and oxygen atoms in total. The summed E-state index contributed by atoms with van der Waals surface area (Å²) < 4.78 is 5.54. The minimum absolute atomic E-state index is 0.312. The fourth-order valence-electron chi connectivity index (χ4n) is 4.10. The van der Waals surface area contributed by atoms with Gasteiger partial charge in [-0.05, 0) is 56.2 Å². The number of quaternary nitrogens is 1. The quantitative estimate of drug-likeness (QED) is 0.848. The Morgan fingerprint density at radius 2 is 2.08 bits per heavy atom. The zero-order valence-electron chi connectivity index (χ0n) is 14.9. The van der Waals surface area contributed by atoms with Crippen LogP contribution in [-0.4, -0.2) is 17.7 Å². The lowest BCUT2D eigenvalue weighted by molar-refractivity contribution is -0.944. The monoisotopic (exact) mass is 330 g/mol. The summed E-state index contributed by atoms with van der Waals surface area (Å²) in [5, 5.41) is 11.7. The minimum atomic E-state index is -0.342. The Hall–Kier alpha value is -1.81. The second-order valence-electron chi connectivity index (χ2n) is 7.03. The van der Waals surface area contributed by atoms with Gasteiger partial charge in [-0.25, -0.2) is 4.79 Å².